The third kappa shape index (κ3) is 4.27. The summed E-state index contributed by atoms with van der Waals surface area (Å²) in [6.07, 6.45) is 0.579. The minimum Gasteiger partial charge on any atom is -0.171 e. The van der Waals surface area contributed by atoms with E-state index in [1.54, 1.807) is 6.08 Å². The molecule has 0 amide bonds. The van der Waals surface area contributed by atoms with Crippen molar-refractivity contribution in [1.29, 1.82) is 0 Å². The molecule has 0 aliphatic heterocycles. The second kappa shape index (κ2) is 4.18. The zero-order chi connectivity index (χ0) is 11.7. The molecule has 0 nitrogen and oxygen atoms in total. The highest BCUT2D eigenvalue weighted by molar-refractivity contribution is 5.02. The van der Waals surface area contributed by atoms with E-state index in [2.05, 4.69) is 20.8 Å². The maximum absolute atomic E-state index is 12.1. The number of allylic oxidation sites excluding steroid dienone is 2. The minimum atomic E-state index is -4.02. The third-order valence-corrected chi connectivity index (χ3v) is 3.07. The molecule has 0 N–H and O–H groups in total. The molecule has 1 aliphatic carbocycles. The maximum atomic E-state index is 12.1. The van der Waals surface area contributed by atoms with Gasteiger partial charge < -0.3 is 0 Å². The second-order valence-electron chi connectivity index (χ2n) is 5.51. The molecular weight excluding hydrogens is 201 g/mol. The van der Waals surface area contributed by atoms with Gasteiger partial charge in [0.2, 0.25) is 0 Å². The Morgan fingerprint density at radius 1 is 1.07 bits per heavy atom. The normalized spacial score (nSPS) is 28.1. The summed E-state index contributed by atoms with van der Waals surface area (Å²) in [6.45, 7) is 6.39. The Morgan fingerprint density at radius 2 is 1.67 bits per heavy atom. The lowest BCUT2D eigenvalue weighted by Gasteiger charge is -2.32. The van der Waals surface area contributed by atoms with Crippen LogP contribution in [0.2, 0.25) is 0 Å². The van der Waals surface area contributed by atoms with E-state index in [-0.39, 0.29) is 11.3 Å². The second-order valence-corrected chi connectivity index (χ2v) is 5.51. The molecule has 2 atom stereocenters. The van der Waals surface area contributed by atoms with Crippen LogP contribution in [0.5, 0.6) is 0 Å². The van der Waals surface area contributed by atoms with Gasteiger partial charge in [-0.15, -0.1) is 0 Å². The van der Waals surface area contributed by atoms with E-state index in [0.29, 0.717) is 12.3 Å². The van der Waals surface area contributed by atoms with E-state index in [9.17, 15) is 13.2 Å². The Hall–Kier alpha value is -0.470. The molecule has 88 valence electrons. The minimum absolute atomic E-state index is 0.166. The lowest BCUT2D eigenvalue weighted by atomic mass is 9.73. The van der Waals surface area contributed by atoms with Crippen molar-refractivity contribution in [1.82, 2.24) is 0 Å². The summed E-state index contributed by atoms with van der Waals surface area (Å²) >= 11 is 0. The summed E-state index contributed by atoms with van der Waals surface area (Å²) in [7, 11) is 0. The summed E-state index contributed by atoms with van der Waals surface area (Å²) in [5.41, 5.74) is 0.166. The Labute approximate surface area is 89.6 Å². The van der Waals surface area contributed by atoms with Gasteiger partial charge in [0.15, 0.2) is 0 Å². The van der Waals surface area contributed by atoms with Gasteiger partial charge in [-0.2, -0.15) is 13.2 Å². The molecule has 0 heterocycles. The lowest BCUT2D eigenvalue weighted by Crippen LogP contribution is -2.24. The van der Waals surface area contributed by atoms with Gasteiger partial charge >= 0.3 is 6.18 Å². The Morgan fingerprint density at radius 3 is 2.00 bits per heavy atom. The topological polar surface area (TPSA) is 0 Å². The number of hydrogen-bond acceptors (Lipinski definition) is 0. The van der Waals surface area contributed by atoms with Gasteiger partial charge in [0.1, 0.15) is 0 Å². The molecule has 0 fully saturated rings. The molecule has 0 bridgehead atoms. The number of rotatable bonds is 1. The van der Waals surface area contributed by atoms with Crippen molar-refractivity contribution < 1.29 is 13.2 Å². The van der Waals surface area contributed by atoms with E-state index in [0.717, 1.165) is 6.42 Å². The van der Waals surface area contributed by atoms with E-state index in [1.165, 1.54) is 0 Å². The van der Waals surface area contributed by atoms with Crippen LogP contribution < -0.4 is 0 Å². The van der Waals surface area contributed by atoms with Crippen molar-refractivity contribution in [2.24, 2.45) is 17.3 Å². The highest BCUT2D eigenvalue weighted by Gasteiger charge is 2.33. The Bertz CT molecular complexity index is 232. The Kier molecular flexibility index (Phi) is 3.51. The largest absolute Gasteiger partial charge is 0.389 e. The average molecular weight is 220 g/mol. The fraction of sp³-hybridized carbons (Fsp3) is 0.833. The van der Waals surface area contributed by atoms with E-state index in [1.807, 2.05) is 6.08 Å². The van der Waals surface area contributed by atoms with Crippen molar-refractivity contribution in [3.05, 3.63) is 12.2 Å². The fourth-order valence-electron chi connectivity index (χ4n) is 2.07. The molecule has 1 rings (SSSR count). The van der Waals surface area contributed by atoms with E-state index in [4.69, 9.17) is 0 Å². The van der Waals surface area contributed by atoms with Gasteiger partial charge in [0.05, 0.1) is 0 Å². The number of alkyl halides is 3. The van der Waals surface area contributed by atoms with E-state index >= 15 is 0 Å². The van der Waals surface area contributed by atoms with Crippen LogP contribution in [-0.2, 0) is 0 Å². The van der Waals surface area contributed by atoms with Crippen LogP contribution in [0.25, 0.3) is 0 Å². The predicted molar refractivity (Wildman–Crippen MR) is 55.5 cm³/mol. The molecule has 15 heavy (non-hydrogen) atoms. The highest BCUT2D eigenvalue weighted by atomic mass is 19.4. The van der Waals surface area contributed by atoms with Crippen molar-refractivity contribution in [3.63, 3.8) is 0 Å². The molecule has 2 unspecified atom stereocenters. The Balaban J connectivity index is 2.52. The molecule has 0 aromatic rings. The molecule has 0 spiro atoms. The molecule has 0 aromatic heterocycles. The quantitative estimate of drug-likeness (QED) is 0.568. The standard InChI is InChI=1S/C12H19F3/c1-11(2,3)10-6-4-9(5-7-10)8-12(13,14)15/h4,6,9-10H,5,7-8H2,1-3H3. The fourth-order valence-corrected chi connectivity index (χ4v) is 2.07. The first-order valence-electron chi connectivity index (χ1n) is 5.43. The summed E-state index contributed by atoms with van der Waals surface area (Å²) in [6, 6.07) is 0. The average Bonchev–Trinajstić information content (AvgIpc) is 2.00. The highest BCUT2D eigenvalue weighted by Crippen LogP contribution is 2.38. The van der Waals surface area contributed by atoms with Gasteiger partial charge in [-0.05, 0) is 30.1 Å². The summed E-state index contributed by atoms with van der Waals surface area (Å²) in [4.78, 5) is 0. The van der Waals surface area contributed by atoms with Crippen LogP contribution in [0, 0.1) is 17.3 Å². The smallest absolute Gasteiger partial charge is 0.171 e. The molecular formula is C12H19F3. The first kappa shape index (κ1) is 12.6. The first-order chi connectivity index (χ1) is 6.68. The number of hydrogen-bond donors (Lipinski definition) is 0. The van der Waals surface area contributed by atoms with Gasteiger partial charge in [-0.1, -0.05) is 32.9 Å². The van der Waals surface area contributed by atoms with E-state index < -0.39 is 12.6 Å². The molecule has 0 aromatic carbocycles. The molecule has 1 aliphatic rings. The first-order valence-corrected chi connectivity index (χ1v) is 5.43. The summed E-state index contributed by atoms with van der Waals surface area (Å²) < 4.78 is 36.4. The van der Waals surface area contributed by atoms with Gasteiger partial charge in [0.25, 0.3) is 0 Å². The van der Waals surface area contributed by atoms with Gasteiger partial charge in [0, 0.05) is 6.42 Å². The van der Waals surface area contributed by atoms with Crippen LogP contribution in [0.15, 0.2) is 12.2 Å². The predicted octanol–water partition coefficient (Wildman–Crippen LogP) is 4.57. The summed E-state index contributed by atoms with van der Waals surface area (Å²) in [5, 5.41) is 0. The van der Waals surface area contributed by atoms with Crippen molar-refractivity contribution >= 4 is 0 Å². The van der Waals surface area contributed by atoms with Gasteiger partial charge in [-0.25, -0.2) is 0 Å². The van der Waals surface area contributed by atoms with Crippen LogP contribution in [-0.4, -0.2) is 6.18 Å². The molecule has 3 heteroatoms. The zero-order valence-corrected chi connectivity index (χ0v) is 9.56. The molecule has 0 saturated heterocycles. The van der Waals surface area contributed by atoms with Crippen molar-refractivity contribution in [2.75, 3.05) is 0 Å². The van der Waals surface area contributed by atoms with Crippen LogP contribution in [0.4, 0.5) is 13.2 Å². The van der Waals surface area contributed by atoms with Crippen molar-refractivity contribution in [2.45, 2.75) is 46.2 Å². The SMILES string of the molecule is CC(C)(C)C1C=CC(CC(F)(F)F)CC1. The molecule has 0 saturated carbocycles. The van der Waals surface area contributed by atoms with Crippen LogP contribution in [0.1, 0.15) is 40.0 Å². The molecule has 0 radical (unpaired) electrons. The lowest BCUT2D eigenvalue weighted by molar-refractivity contribution is -0.142. The van der Waals surface area contributed by atoms with Crippen LogP contribution in [0.3, 0.4) is 0 Å². The van der Waals surface area contributed by atoms with Crippen molar-refractivity contribution in [3.8, 4) is 0 Å². The summed E-state index contributed by atoms with van der Waals surface area (Å²) in [5.74, 6) is 0.116. The zero-order valence-electron chi connectivity index (χ0n) is 9.56. The maximum Gasteiger partial charge on any atom is 0.389 e. The monoisotopic (exact) mass is 220 g/mol. The van der Waals surface area contributed by atoms with Crippen LogP contribution >= 0.6 is 0 Å². The third-order valence-electron chi connectivity index (χ3n) is 3.07. The number of halogens is 3. The van der Waals surface area contributed by atoms with Gasteiger partial charge in [-0.3, -0.25) is 0 Å².